The first-order valence-corrected chi connectivity index (χ1v) is 12.5. The van der Waals surface area contributed by atoms with Crippen molar-refractivity contribution in [3.05, 3.63) is 36.0 Å². The van der Waals surface area contributed by atoms with Crippen molar-refractivity contribution in [2.24, 2.45) is 11.8 Å². The Morgan fingerprint density at radius 2 is 1.97 bits per heavy atom. The monoisotopic (exact) mass is 452 g/mol. The van der Waals surface area contributed by atoms with E-state index in [9.17, 15) is 9.59 Å². The predicted octanol–water partition coefficient (Wildman–Crippen LogP) is 3.13. The highest BCUT2D eigenvalue weighted by atomic mass is 16.5. The summed E-state index contributed by atoms with van der Waals surface area (Å²) < 4.78 is 5.34. The van der Waals surface area contributed by atoms with Crippen molar-refractivity contribution in [1.29, 1.82) is 0 Å². The molecule has 1 saturated heterocycles. The molecule has 3 aliphatic rings. The number of nitrogens with zero attached hydrogens (tertiary/aromatic N) is 1. The van der Waals surface area contributed by atoms with Gasteiger partial charge in [-0.1, -0.05) is 18.2 Å². The maximum atomic E-state index is 14.0. The molecule has 0 spiro atoms. The maximum Gasteiger partial charge on any atom is 0.227 e. The van der Waals surface area contributed by atoms with Crippen LogP contribution in [0, 0.1) is 11.8 Å². The van der Waals surface area contributed by atoms with E-state index in [1.54, 1.807) is 7.11 Å². The second-order valence-corrected chi connectivity index (χ2v) is 9.99. The SMILES string of the molecule is COCCCC(c1c[nH]c2ccccc12)N(C(=O)[C@@H]1CNC[C@H](NC(=O)C2CC2)C1)C1CC1. The summed E-state index contributed by atoms with van der Waals surface area (Å²) in [5.74, 6) is 0.461. The lowest BCUT2D eigenvalue weighted by atomic mass is 9.91. The Bertz CT molecular complexity index is 981. The zero-order chi connectivity index (χ0) is 22.8. The van der Waals surface area contributed by atoms with E-state index in [2.05, 4.69) is 44.9 Å². The Labute approximate surface area is 195 Å². The minimum atomic E-state index is -0.112. The second-order valence-electron chi connectivity index (χ2n) is 9.99. The van der Waals surface area contributed by atoms with Gasteiger partial charge in [0, 0.05) is 61.9 Å². The van der Waals surface area contributed by atoms with Gasteiger partial charge < -0.3 is 25.3 Å². The molecule has 1 aromatic heterocycles. The minimum absolute atomic E-state index is 0.0257. The summed E-state index contributed by atoms with van der Waals surface area (Å²) >= 11 is 0. The maximum absolute atomic E-state index is 14.0. The molecule has 178 valence electrons. The van der Waals surface area contributed by atoms with Crippen LogP contribution >= 0.6 is 0 Å². The number of aromatic nitrogens is 1. The number of hydrogen-bond acceptors (Lipinski definition) is 4. The lowest BCUT2D eigenvalue weighted by molar-refractivity contribution is -0.140. The summed E-state index contributed by atoms with van der Waals surface area (Å²) in [5, 5.41) is 7.78. The number of hydrogen-bond donors (Lipinski definition) is 3. The fourth-order valence-electron chi connectivity index (χ4n) is 5.29. The number of para-hydroxylation sites is 1. The van der Waals surface area contributed by atoms with Gasteiger partial charge in [-0.2, -0.15) is 0 Å². The zero-order valence-corrected chi connectivity index (χ0v) is 19.5. The number of carbonyl (C=O) groups is 2. The number of rotatable bonds is 10. The molecule has 0 bridgehead atoms. The van der Waals surface area contributed by atoms with E-state index in [1.165, 1.54) is 10.9 Å². The normalized spacial score (nSPS) is 23.9. The molecule has 1 unspecified atom stereocenters. The third-order valence-electron chi connectivity index (χ3n) is 7.33. The number of aromatic amines is 1. The van der Waals surface area contributed by atoms with Gasteiger partial charge in [-0.3, -0.25) is 9.59 Å². The molecule has 1 aromatic carbocycles. The van der Waals surface area contributed by atoms with Crippen molar-refractivity contribution in [2.75, 3.05) is 26.8 Å². The van der Waals surface area contributed by atoms with Crippen LogP contribution in [0.25, 0.3) is 10.9 Å². The molecular formula is C26H36N4O3. The molecule has 7 nitrogen and oxygen atoms in total. The molecule has 3 fully saturated rings. The van der Waals surface area contributed by atoms with Gasteiger partial charge in [0.05, 0.1) is 12.0 Å². The second kappa shape index (κ2) is 9.85. The van der Waals surface area contributed by atoms with E-state index >= 15 is 0 Å². The molecule has 1 aliphatic heterocycles. The van der Waals surface area contributed by atoms with Crippen molar-refractivity contribution >= 4 is 22.7 Å². The number of nitrogens with one attached hydrogen (secondary N) is 3. The average molecular weight is 453 g/mol. The van der Waals surface area contributed by atoms with E-state index in [0.29, 0.717) is 25.6 Å². The molecule has 2 aromatic rings. The number of H-pyrrole nitrogens is 1. The van der Waals surface area contributed by atoms with Gasteiger partial charge in [0.25, 0.3) is 0 Å². The Morgan fingerprint density at radius 1 is 1.15 bits per heavy atom. The van der Waals surface area contributed by atoms with Crippen molar-refractivity contribution in [3.63, 3.8) is 0 Å². The molecule has 33 heavy (non-hydrogen) atoms. The van der Waals surface area contributed by atoms with Crippen molar-refractivity contribution in [3.8, 4) is 0 Å². The van der Waals surface area contributed by atoms with Crippen LogP contribution in [0.3, 0.4) is 0 Å². The fraction of sp³-hybridized carbons (Fsp3) is 0.615. The van der Waals surface area contributed by atoms with Gasteiger partial charge in [-0.15, -0.1) is 0 Å². The third kappa shape index (κ3) is 5.09. The molecule has 2 heterocycles. The van der Waals surface area contributed by atoms with Gasteiger partial charge in [0.2, 0.25) is 11.8 Å². The number of fused-ring (bicyclic) bond motifs is 1. The van der Waals surface area contributed by atoms with Crippen LogP contribution in [0.4, 0.5) is 0 Å². The van der Waals surface area contributed by atoms with E-state index < -0.39 is 0 Å². The number of benzene rings is 1. The first kappa shape index (κ1) is 22.4. The van der Waals surface area contributed by atoms with Gasteiger partial charge in [-0.25, -0.2) is 0 Å². The van der Waals surface area contributed by atoms with Gasteiger partial charge in [0.1, 0.15) is 0 Å². The summed E-state index contributed by atoms with van der Waals surface area (Å²) in [6, 6.07) is 8.70. The quantitative estimate of drug-likeness (QED) is 0.484. The molecule has 3 atom stereocenters. The molecule has 2 aliphatic carbocycles. The number of methoxy groups -OCH3 is 1. The van der Waals surface area contributed by atoms with E-state index in [0.717, 1.165) is 50.6 Å². The number of piperidine rings is 1. The molecule has 2 saturated carbocycles. The van der Waals surface area contributed by atoms with Gasteiger partial charge in [0.15, 0.2) is 0 Å². The minimum Gasteiger partial charge on any atom is -0.385 e. The van der Waals surface area contributed by atoms with Crippen LogP contribution in [0.2, 0.25) is 0 Å². The first-order chi connectivity index (χ1) is 16.2. The Kier molecular flexibility index (Phi) is 6.69. The molecule has 0 radical (unpaired) electrons. The van der Waals surface area contributed by atoms with Crippen LogP contribution in [-0.4, -0.2) is 60.6 Å². The Hall–Kier alpha value is -2.38. The third-order valence-corrected chi connectivity index (χ3v) is 7.33. The lowest BCUT2D eigenvalue weighted by Gasteiger charge is -2.38. The van der Waals surface area contributed by atoms with Crippen molar-refractivity contribution in [2.45, 2.75) is 63.1 Å². The number of carbonyl (C=O) groups excluding carboxylic acids is 2. The first-order valence-electron chi connectivity index (χ1n) is 12.5. The zero-order valence-electron chi connectivity index (χ0n) is 19.5. The predicted molar refractivity (Wildman–Crippen MR) is 128 cm³/mol. The number of amides is 2. The van der Waals surface area contributed by atoms with Crippen LogP contribution in [-0.2, 0) is 14.3 Å². The van der Waals surface area contributed by atoms with Gasteiger partial charge in [-0.05, 0) is 56.6 Å². The van der Waals surface area contributed by atoms with Crippen LogP contribution in [0.15, 0.2) is 30.5 Å². The average Bonchev–Trinajstić information content (AvgIpc) is 3.76. The van der Waals surface area contributed by atoms with Crippen molar-refractivity contribution in [1.82, 2.24) is 20.5 Å². The number of ether oxygens (including phenoxy) is 1. The molecule has 2 amide bonds. The summed E-state index contributed by atoms with van der Waals surface area (Å²) in [7, 11) is 1.73. The summed E-state index contributed by atoms with van der Waals surface area (Å²) in [6.45, 7) is 2.10. The molecule has 5 rings (SSSR count). The summed E-state index contributed by atoms with van der Waals surface area (Å²) in [5.41, 5.74) is 2.30. The summed E-state index contributed by atoms with van der Waals surface area (Å²) in [6.07, 6.45) is 8.71. The lowest BCUT2D eigenvalue weighted by Crippen LogP contribution is -2.53. The fourth-order valence-corrected chi connectivity index (χ4v) is 5.29. The topological polar surface area (TPSA) is 86.5 Å². The van der Waals surface area contributed by atoms with Crippen LogP contribution in [0.5, 0.6) is 0 Å². The van der Waals surface area contributed by atoms with Crippen LogP contribution in [0.1, 0.15) is 56.6 Å². The van der Waals surface area contributed by atoms with E-state index in [4.69, 9.17) is 4.74 Å². The van der Waals surface area contributed by atoms with E-state index in [-0.39, 0.29) is 35.7 Å². The highest BCUT2D eigenvalue weighted by molar-refractivity contribution is 5.86. The Morgan fingerprint density at radius 3 is 2.73 bits per heavy atom. The largest absolute Gasteiger partial charge is 0.385 e. The van der Waals surface area contributed by atoms with Crippen molar-refractivity contribution < 1.29 is 14.3 Å². The van der Waals surface area contributed by atoms with Gasteiger partial charge >= 0.3 is 0 Å². The highest BCUT2D eigenvalue weighted by Gasteiger charge is 2.42. The summed E-state index contributed by atoms with van der Waals surface area (Å²) in [4.78, 5) is 31.9. The van der Waals surface area contributed by atoms with Crippen LogP contribution < -0.4 is 10.6 Å². The Balaban J connectivity index is 1.37. The molecular weight excluding hydrogens is 416 g/mol. The highest BCUT2D eigenvalue weighted by Crippen LogP contribution is 2.40. The molecule has 7 heteroatoms. The smallest absolute Gasteiger partial charge is 0.227 e. The van der Waals surface area contributed by atoms with E-state index in [1.807, 2.05) is 6.07 Å². The molecule has 3 N–H and O–H groups in total. The standard InChI is InChI=1S/C26H36N4O3/c1-33-12-4-7-24(22-16-28-23-6-3-2-5-21(22)23)30(20-10-11-20)26(32)18-13-19(15-27-14-18)29-25(31)17-8-9-17/h2-3,5-6,16-20,24,27-28H,4,7-15H2,1H3,(H,29,31)/t18-,19+,24?/m0/s1.